The molecule has 8 heteroatoms. The average Bonchev–Trinajstić information content (AvgIpc) is 2.14. The van der Waals surface area contributed by atoms with Crippen LogP contribution in [-0.4, -0.2) is 36.0 Å². The second-order valence-electron chi connectivity index (χ2n) is 3.34. The predicted molar refractivity (Wildman–Crippen MR) is 46.0 cm³/mol. The van der Waals surface area contributed by atoms with Gasteiger partial charge < -0.3 is 15.2 Å². The van der Waals surface area contributed by atoms with Gasteiger partial charge in [0.15, 0.2) is 0 Å². The first kappa shape index (κ1) is 14.7. The van der Waals surface area contributed by atoms with E-state index in [1.807, 2.05) is 0 Å². The van der Waals surface area contributed by atoms with Gasteiger partial charge in [-0.1, -0.05) is 13.8 Å². The van der Waals surface area contributed by atoms with Gasteiger partial charge in [-0.2, -0.15) is 13.2 Å². The van der Waals surface area contributed by atoms with Gasteiger partial charge in [-0.05, 0) is 0 Å². The molecule has 0 aliphatic heterocycles. The van der Waals surface area contributed by atoms with Gasteiger partial charge in [0.25, 0.3) is 0 Å². The molecule has 16 heavy (non-hydrogen) atoms. The van der Waals surface area contributed by atoms with Crippen LogP contribution in [0.2, 0.25) is 0 Å². The van der Waals surface area contributed by atoms with Crippen LogP contribution in [0.25, 0.3) is 0 Å². The Balaban J connectivity index is 5.12. The second-order valence-corrected chi connectivity index (χ2v) is 3.34. The van der Waals surface area contributed by atoms with Gasteiger partial charge >= 0.3 is 17.9 Å². The summed E-state index contributed by atoms with van der Waals surface area (Å²) in [5, 5.41) is 10.3. The molecule has 0 aliphatic carbocycles. The Morgan fingerprint density at radius 2 is 1.75 bits per heavy atom. The van der Waals surface area contributed by atoms with Gasteiger partial charge in [0.05, 0.1) is 7.11 Å². The number of carbonyl (C=O) groups is 2. The summed E-state index contributed by atoms with van der Waals surface area (Å²) in [5.41, 5.74) is -4.01. The van der Waals surface area contributed by atoms with E-state index in [0.717, 1.165) is 0 Å². The lowest BCUT2D eigenvalue weighted by atomic mass is 10.1. The molecule has 0 saturated carbocycles. The fourth-order valence-corrected chi connectivity index (χ4v) is 0.708. The van der Waals surface area contributed by atoms with Crippen molar-refractivity contribution in [1.29, 1.82) is 0 Å². The highest BCUT2D eigenvalue weighted by molar-refractivity contribution is 5.88. The van der Waals surface area contributed by atoms with Crippen LogP contribution in [0.3, 0.4) is 0 Å². The van der Waals surface area contributed by atoms with Crippen LogP contribution in [0.1, 0.15) is 13.8 Å². The van der Waals surface area contributed by atoms with E-state index in [1.54, 1.807) is 0 Å². The van der Waals surface area contributed by atoms with Crippen molar-refractivity contribution in [3.63, 3.8) is 0 Å². The molecule has 0 aromatic carbocycles. The molecular formula is C8H12F3NO4. The second kappa shape index (κ2) is 4.69. The molecule has 0 saturated heterocycles. The van der Waals surface area contributed by atoms with Crippen LogP contribution in [0.5, 0.6) is 0 Å². The van der Waals surface area contributed by atoms with Gasteiger partial charge in [-0.3, -0.25) is 4.79 Å². The molecule has 0 bridgehead atoms. The summed E-state index contributed by atoms with van der Waals surface area (Å²) in [4.78, 5) is 21.9. The topological polar surface area (TPSA) is 75.6 Å². The van der Waals surface area contributed by atoms with Crippen LogP contribution < -0.4 is 5.32 Å². The zero-order valence-corrected chi connectivity index (χ0v) is 8.88. The Hall–Kier alpha value is -1.31. The standard InChI is InChI=1S/C8H12F3NO4/c1-4(2)5(13)12-7(15,6(14)16-3)8(9,10)11/h4,15H,1-3H3,(H,12,13)/t7-/m1/s1. The highest BCUT2D eigenvalue weighted by atomic mass is 19.4. The maximum atomic E-state index is 12.4. The third kappa shape index (κ3) is 2.84. The van der Waals surface area contributed by atoms with E-state index in [9.17, 15) is 22.8 Å². The largest absolute Gasteiger partial charge is 0.465 e. The number of rotatable bonds is 3. The average molecular weight is 243 g/mol. The normalized spacial score (nSPS) is 15.5. The number of carbonyl (C=O) groups excluding carboxylic acids is 2. The zero-order chi connectivity index (χ0) is 13.1. The van der Waals surface area contributed by atoms with Crippen LogP contribution in [0.15, 0.2) is 0 Å². The number of ether oxygens (including phenoxy) is 1. The molecular weight excluding hydrogens is 231 g/mol. The minimum Gasteiger partial charge on any atom is -0.465 e. The number of amides is 1. The Bertz CT molecular complexity index is 289. The Kier molecular flexibility index (Phi) is 4.30. The summed E-state index contributed by atoms with van der Waals surface area (Å²) in [7, 11) is 0.667. The Labute approximate surface area is 89.6 Å². The van der Waals surface area contributed by atoms with E-state index >= 15 is 0 Å². The van der Waals surface area contributed by atoms with Crippen LogP contribution in [-0.2, 0) is 14.3 Å². The predicted octanol–water partition coefficient (Wildman–Crippen LogP) is 0.182. The monoisotopic (exact) mass is 243 g/mol. The number of halogens is 3. The highest BCUT2D eigenvalue weighted by Crippen LogP contribution is 2.29. The van der Waals surface area contributed by atoms with E-state index in [-0.39, 0.29) is 0 Å². The van der Waals surface area contributed by atoms with Gasteiger partial charge in [-0.25, -0.2) is 4.79 Å². The van der Waals surface area contributed by atoms with E-state index < -0.39 is 29.7 Å². The molecule has 5 nitrogen and oxygen atoms in total. The number of methoxy groups -OCH3 is 1. The molecule has 0 aliphatic rings. The number of hydrogen-bond acceptors (Lipinski definition) is 4. The van der Waals surface area contributed by atoms with Crippen molar-refractivity contribution in [1.82, 2.24) is 5.32 Å². The lowest BCUT2D eigenvalue weighted by Gasteiger charge is -2.28. The third-order valence-electron chi connectivity index (χ3n) is 1.72. The van der Waals surface area contributed by atoms with Crippen molar-refractivity contribution in [2.45, 2.75) is 25.7 Å². The fraction of sp³-hybridized carbons (Fsp3) is 0.750. The zero-order valence-electron chi connectivity index (χ0n) is 8.88. The smallest absolute Gasteiger partial charge is 0.448 e. The Morgan fingerprint density at radius 1 is 1.31 bits per heavy atom. The Morgan fingerprint density at radius 3 is 2.00 bits per heavy atom. The number of alkyl halides is 3. The first-order valence-electron chi connectivity index (χ1n) is 4.25. The molecule has 0 fully saturated rings. The third-order valence-corrected chi connectivity index (χ3v) is 1.72. The lowest BCUT2D eigenvalue weighted by Crippen LogP contribution is -2.65. The van der Waals surface area contributed by atoms with Gasteiger partial charge in [0, 0.05) is 5.92 Å². The molecule has 1 amide bonds. The van der Waals surface area contributed by atoms with Gasteiger partial charge in [0.1, 0.15) is 0 Å². The molecule has 0 heterocycles. The molecule has 0 aromatic rings. The van der Waals surface area contributed by atoms with Crippen LogP contribution >= 0.6 is 0 Å². The minimum absolute atomic E-state index is 0.667. The number of nitrogens with one attached hydrogen (secondary N) is 1. The lowest BCUT2D eigenvalue weighted by molar-refractivity contribution is -0.270. The SMILES string of the molecule is COC(=O)[C@](O)(NC(=O)C(C)C)C(F)(F)F. The minimum atomic E-state index is -5.36. The molecule has 0 rings (SSSR count). The maximum Gasteiger partial charge on any atom is 0.448 e. The van der Waals surface area contributed by atoms with Gasteiger partial charge in [-0.15, -0.1) is 0 Å². The van der Waals surface area contributed by atoms with Crippen LogP contribution in [0, 0.1) is 5.92 Å². The quantitative estimate of drug-likeness (QED) is 0.547. The molecule has 0 spiro atoms. The molecule has 94 valence electrons. The van der Waals surface area contributed by atoms with Crippen molar-refractivity contribution < 1.29 is 32.6 Å². The molecule has 0 unspecified atom stereocenters. The summed E-state index contributed by atoms with van der Waals surface area (Å²) in [5.74, 6) is -3.93. The van der Waals surface area contributed by atoms with Crippen molar-refractivity contribution in [3.8, 4) is 0 Å². The fourth-order valence-electron chi connectivity index (χ4n) is 0.708. The molecule has 0 aromatic heterocycles. The summed E-state index contributed by atoms with van der Waals surface area (Å²) >= 11 is 0. The number of aliphatic hydroxyl groups is 1. The molecule has 2 N–H and O–H groups in total. The van der Waals surface area contributed by atoms with E-state index in [4.69, 9.17) is 5.11 Å². The first-order valence-corrected chi connectivity index (χ1v) is 4.25. The van der Waals surface area contributed by atoms with E-state index in [1.165, 1.54) is 19.2 Å². The van der Waals surface area contributed by atoms with Crippen molar-refractivity contribution in [2.75, 3.05) is 7.11 Å². The number of esters is 1. The van der Waals surface area contributed by atoms with E-state index in [0.29, 0.717) is 7.11 Å². The van der Waals surface area contributed by atoms with Crippen molar-refractivity contribution in [2.24, 2.45) is 5.92 Å². The highest BCUT2D eigenvalue weighted by Gasteiger charge is 2.62. The maximum absolute atomic E-state index is 12.4. The molecule has 1 atom stereocenters. The van der Waals surface area contributed by atoms with Crippen molar-refractivity contribution >= 4 is 11.9 Å². The summed E-state index contributed by atoms with van der Waals surface area (Å²) in [6, 6.07) is 0. The number of hydrogen-bond donors (Lipinski definition) is 2. The summed E-state index contributed by atoms with van der Waals surface area (Å²) < 4.78 is 41.0. The van der Waals surface area contributed by atoms with Gasteiger partial charge in [0.2, 0.25) is 5.91 Å². The van der Waals surface area contributed by atoms with Crippen molar-refractivity contribution in [3.05, 3.63) is 0 Å². The molecule has 0 radical (unpaired) electrons. The summed E-state index contributed by atoms with van der Waals surface area (Å²) in [6.45, 7) is 2.62. The van der Waals surface area contributed by atoms with Crippen LogP contribution in [0.4, 0.5) is 13.2 Å². The van der Waals surface area contributed by atoms with E-state index in [2.05, 4.69) is 4.74 Å². The summed E-state index contributed by atoms with van der Waals surface area (Å²) in [6.07, 6.45) is -5.36. The first-order chi connectivity index (χ1) is 7.06.